The second-order valence-electron chi connectivity index (χ2n) is 4.42. The molecule has 0 radical (unpaired) electrons. The first-order chi connectivity index (χ1) is 9.08. The highest BCUT2D eigenvalue weighted by atomic mass is 79.9. The number of hydrogen-bond donors (Lipinski definition) is 1. The molecule has 3 rings (SSSR count). The molecule has 1 heterocycles. The van der Waals surface area contributed by atoms with E-state index in [2.05, 4.69) is 25.9 Å². The van der Waals surface area contributed by atoms with Crippen molar-refractivity contribution < 1.29 is 8.78 Å². The molecule has 3 nitrogen and oxygen atoms in total. The van der Waals surface area contributed by atoms with Crippen LogP contribution < -0.4 is 5.56 Å². The van der Waals surface area contributed by atoms with Crippen molar-refractivity contribution >= 4 is 15.9 Å². The molecule has 0 saturated heterocycles. The number of nitrogens with one attached hydrogen (secondary N) is 1. The van der Waals surface area contributed by atoms with Crippen molar-refractivity contribution in [3.8, 4) is 11.4 Å². The van der Waals surface area contributed by atoms with Gasteiger partial charge in [0.05, 0.1) is 10.2 Å². The molecule has 0 atom stereocenters. The number of nitrogens with zero attached hydrogens (tertiary/aromatic N) is 1. The zero-order chi connectivity index (χ0) is 13.6. The van der Waals surface area contributed by atoms with Crippen LogP contribution in [-0.4, -0.2) is 9.97 Å². The molecule has 1 aromatic carbocycles. The van der Waals surface area contributed by atoms with E-state index in [1.807, 2.05) is 0 Å². The third-order valence-electron chi connectivity index (χ3n) is 3.23. The fraction of sp³-hybridized carbons (Fsp3) is 0.231. The average Bonchev–Trinajstić information content (AvgIpc) is 2.85. The fourth-order valence-electron chi connectivity index (χ4n) is 2.28. The van der Waals surface area contributed by atoms with Gasteiger partial charge >= 0.3 is 0 Å². The number of hydrogen-bond acceptors (Lipinski definition) is 2. The highest BCUT2D eigenvalue weighted by molar-refractivity contribution is 9.10. The average molecular weight is 327 g/mol. The van der Waals surface area contributed by atoms with Gasteiger partial charge in [-0.25, -0.2) is 13.8 Å². The van der Waals surface area contributed by atoms with Crippen LogP contribution in [0.1, 0.15) is 17.7 Å². The van der Waals surface area contributed by atoms with E-state index in [0.29, 0.717) is 11.1 Å². The van der Waals surface area contributed by atoms with E-state index < -0.39 is 11.6 Å². The lowest BCUT2D eigenvalue weighted by Gasteiger charge is -2.07. The molecular weight excluding hydrogens is 318 g/mol. The molecular formula is C13H9BrF2N2O. The molecule has 19 heavy (non-hydrogen) atoms. The van der Waals surface area contributed by atoms with E-state index in [1.165, 1.54) is 6.07 Å². The maximum Gasteiger partial charge on any atom is 0.254 e. The van der Waals surface area contributed by atoms with Crippen LogP contribution in [0.3, 0.4) is 0 Å². The summed E-state index contributed by atoms with van der Waals surface area (Å²) in [5.41, 5.74) is 1.58. The van der Waals surface area contributed by atoms with E-state index in [9.17, 15) is 13.6 Å². The van der Waals surface area contributed by atoms with E-state index in [-0.39, 0.29) is 15.9 Å². The van der Waals surface area contributed by atoms with Crippen LogP contribution in [0, 0.1) is 11.6 Å². The number of rotatable bonds is 1. The molecule has 0 aliphatic heterocycles. The van der Waals surface area contributed by atoms with Crippen molar-refractivity contribution in [3.05, 3.63) is 49.9 Å². The van der Waals surface area contributed by atoms with Crippen LogP contribution in [-0.2, 0) is 12.8 Å². The Labute approximate surface area is 115 Å². The second-order valence-corrected chi connectivity index (χ2v) is 5.21. The molecule has 1 aliphatic rings. The summed E-state index contributed by atoms with van der Waals surface area (Å²) >= 11 is 3.00. The second kappa shape index (κ2) is 4.52. The van der Waals surface area contributed by atoms with Crippen molar-refractivity contribution in [2.45, 2.75) is 19.3 Å². The minimum Gasteiger partial charge on any atom is -0.306 e. The van der Waals surface area contributed by atoms with Gasteiger partial charge in [0.1, 0.15) is 5.82 Å². The smallest absolute Gasteiger partial charge is 0.254 e. The first kappa shape index (κ1) is 12.5. The van der Waals surface area contributed by atoms with Crippen molar-refractivity contribution in [2.75, 3.05) is 0 Å². The van der Waals surface area contributed by atoms with Gasteiger partial charge in [0, 0.05) is 11.1 Å². The summed E-state index contributed by atoms with van der Waals surface area (Å²) < 4.78 is 26.6. The zero-order valence-electron chi connectivity index (χ0n) is 9.77. The number of aryl methyl sites for hydroxylation is 1. The largest absolute Gasteiger partial charge is 0.306 e. The van der Waals surface area contributed by atoms with Gasteiger partial charge in [0.25, 0.3) is 5.56 Å². The van der Waals surface area contributed by atoms with Crippen LogP contribution in [0.2, 0.25) is 0 Å². The van der Waals surface area contributed by atoms with Gasteiger partial charge in [-0.3, -0.25) is 4.79 Å². The number of halogens is 3. The van der Waals surface area contributed by atoms with Crippen molar-refractivity contribution in [1.29, 1.82) is 0 Å². The molecule has 0 fully saturated rings. The van der Waals surface area contributed by atoms with E-state index >= 15 is 0 Å². The summed E-state index contributed by atoms with van der Waals surface area (Å²) in [6.07, 6.45) is 2.36. The van der Waals surface area contributed by atoms with Crippen LogP contribution in [0.15, 0.2) is 21.4 Å². The number of fused-ring (bicyclic) bond motifs is 1. The Morgan fingerprint density at radius 3 is 2.84 bits per heavy atom. The summed E-state index contributed by atoms with van der Waals surface area (Å²) in [5.74, 6) is -1.67. The predicted octanol–water partition coefficient (Wildman–Crippen LogP) is 2.97. The summed E-state index contributed by atoms with van der Waals surface area (Å²) in [4.78, 5) is 18.9. The van der Waals surface area contributed by atoms with Crippen LogP contribution in [0.25, 0.3) is 11.4 Å². The van der Waals surface area contributed by atoms with E-state index in [4.69, 9.17) is 0 Å². The maximum absolute atomic E-state index is 13.5. The summed E-state index contributed by atoms with van der Waals surface area (Å²) in [6.45, 7) is 0. The quantitative estimate of drug-likeness (QED) is 0.819. The molecule has 6 heteroatoms. The lowest BCUT2D eigenvalue weighted by Crippen LogP contribution is -2.15. The van der Waals surface area contributed by atoms with Gasteiger partial charge in [-0.1, -0.05) is 0 Å². The van der Waals surface area contributed by atoms with Gasteiger partial charge in [-0.15, -0.1) is 0 Å². The van der Waals surface area contributed by atoms with Gasteiger partial charge in [0.2, 0.25) is 0 Å². The number of aromatic nitrogens is 2. The Morgan fingerprint density at radius 2 is 2.05 bits per heavy atom. The Balaban J connectivity index is 2.21. The van der Waals surface area contributed by atoms with Crippen LogP contribution in [0.5, 0.6) is 0 Å². The molecule has 0 spiro atoms. The SMILES string of the molecule is O=c1[nH]c(-c2ccc(F)c(F)c2Br)nc2c1CCC2. The molecule has 2 aromatic rings. The highest BCUT2D eigenvalue weighted by Crippen LogP contribution is 2.30. The third-order valence-corrected chi connectivity index (χ3v) is 4.01. The maximum atomic E-state index is 13.5. The van der Waals surface area contributed by atoms with Gasteiger partial charge in [-0.2, -0.15) is 0 Å². The summed E-state index contributed by atoms with van der Waals surface area (Å²) in [7, 11) is 0. The highest BCUT2D eigenvalue weighted by Gasteiger charge is 2.20. The lowest BCUT2D eigenvalue weighted by molar-refractivity contribution is 0.504. The van der Waals surface area contributed by atoms with Gasteiger partial charge < -0.3 is 4.98 Å². The summed E-state index contributed by atoms with van der Waals surface area (Å²) in [6, 6.07) is 2.41. The normalized spacial score (nSPS) is 13.6. The topological polar surface area (TPSA) is 45.8 Å². The van der Waals surface area contributed by atoms with Crippen molar-refractivity contribution in [3.63, 3.8) is 0 Å². The predicted molar refractivity (Wildman–Crippen MR) is 69.9 cm³/mol. The minimum absolute atomic E-state index is 0.0337. The monoisotopic (exact) mass is 326 g/mol. The Bertz CT molecular complexity index is 727. The molecule has 0 saturated carbocycles. The van der Waals surface area contributed by atoms with Crippen LogP contribution in [0.4, 0.5) is 8.78 Å². The van der Waals surface area contributed by atoms with E-state index in [1.54, 1.807) is 0 Å². The third kappa shape index (κ3) is 2.00. The molecule has 0 bridgehead atoms. The standard InChI is InChI=1S/C13H9BrF2N2O/c14-10-7(4-5-8(15)11(10)16)12-17-9-3-1-2-6(9)13(19)18-12/h4-5H,1-3H2,(H,17,18,19). The molecule has 0 amide bonds. The summed E-state index contributed by atoms with van der Waals surface area (Å²) in [5, 5.41) is 0. The number of benzene rings is 1. The molecule has 0 unspecified atom stereocenters. The van der Waals surface area contributed by atoms with E-state index in [0.717, 1.165) is 31.0 Å². The lowest BCUT2D eigenvalue weighted by atomic mass is 10.2. The van der Waals surface area contributed by atoms with Crippen LogP contribution >= 0.6 is 15.9 Å². The molecule has 1 N–H and O–H groups in total. The number of aromatic amines is 1. The fourth-order valence-corrected chi connectivity index (χ4v) is 2.79. The van der Waals surface area contributed by atoms with Gasteiger partial charge in [0.15, 0.2) is 11.6 Å². The Kier molecular flexibility index (Phi) is 2.97. The zero-order valence-corrected chi connectivity index (χ0v) is 11.4. The molecule has 98 valence electrons. The van der Waals surface area contributed by atoms with Gasteiger partial charge in [-0.05, 0) is 47.3 Å². The van der Waals surface area contributed by atoms with Crippen molar-refractivity contribution in [1.82, 2.24) is 9.97 Å². The first-order valence-electron chi connectivity index (χ1n) is 5.84. The Morgan fingerprint density at radius 1 is 1.26 bits per heavy atom. The first-order valence-corrected chi connectivity index (χ1v) is 6.63. The minimum atomic E-state index is -0.986. The van der Waals surface area contributed by atoms with Crippen molar-refractivity contribution in [2.24, 2.45) is 0 Å². The molecule has 1 aromatic heterocycles. The molecule has 1 aliphatic carbocycles. The number of H-pyrrole nitrogens is 1. The Hall–Kier alpha value is -1.56.